The molecular formula is C27H30N4O2S. The van der Waals surface area contributed by atoms with Crippen LogP contribution in [0.5, 0.6) is 0 Å². The highest BCUT2D eigenvalue weighted by Gasteiger charge is 2.35. The first-order chi connectivity index (χ1) is 16.4. The minimum atomic E-state index is -0.182. The SMILES string of the molecule is CC1=C(c2nc(-c3cccc(C)c3)no2)C(c2ccc(C)c(C)c2)NC(=S)N1CC1CCCO1. The van der Waals surface area contributed by atoms with Gasteiger partial charge in [-0.3, -0.25) is 0 Å². The average Bonchev–Trinajstić information content (AvgIpc) is 3.50. The van der Waals surface area contributed by atoms with Gasteiger partial charge in [-0.05, 0) is 75.5 Å². The highest BCUT2D eigenvalue weighted by atomic mass is 32.1. The topological polar surface area (TPSA) is 63.4 Å². The number of thiocarbonyl (C=S) groups is 1. The van der Waals surface area contributed by atoms with Crippen molar-refractivity contribution in [1.82, 2.24) is 20.4 Å². The summed E-state index contributed by atoms with van der Waals surface area (Å²) in [5.74, 6) is 1.08. The molecule has 0 amide bonds. The van der Waals surface area contributed by atoms with E-state index in [1.807, 2.05) is 12.1 Å². The van der Waals surface area contributed by atoms with Gasteiger partial charge in [-0.2, -0.15) is 4.98 Å². The van der Waals surface area contributed by atoms with Gasteiger partial charge in [-0.1, -0.05) is 47.1 Å². The van der Waals surface area contributed by atoms with Crippen LogP contribution in [0.25, 0.3) is 17.0 Å². The van der Waals surface area contributed by atoms with E-state index in [-0.39, 0.29) is 12.1 Å². The molecule has 1 N–H and O–H groups in total. The summed E-state index contributed by atoms with van der Waals surface area (Å²) in [4.78, 5) is 6.95. The first-order valence-corrected chi connectivity index (χ1v) is 12.2. The summed E-state index contributed by atoms with van der Waals surface area (Å²) in [6, 6.07) is 14.4. The van der Waals surface area contributed by atoms with Crippen molar-refractivity contribution in [1.29, 1.82) is 0 Å². The lowest BCUT2D eigenvalue weighted by atomic mass is 9.92. The molecule has 1 aromatic heterocycles. The maximum absolute atomic E-state index is 5.90. The Balaban J connectivity index is 1.59. The number of aryl methyl sites for hydroxylation is 3. The molecule has 2 atom stereocenters. The number of hydrogen-bond acceptors (Lipinski definition) is 5. The van der Waals surface area contributed by atoms with E-state index < -0.39 is 0 Å². The Labute approximate surface area is 206 Å². The third kappa shape index (κ3) is 4.38. The molecule has 0 bridgehead atoms. The van der Waals surface area contributed by atoms with E-state index in [0.29, 0.717) is 23.4 Å². The van der Waals surface area contributed by atoms with Crippen LogP contribution in [0.3, 0.4) is 0 Å². The van der Waals surface area contributed by atoms with E-state index in [9.17, 15) is 0 Å². The fraction of sp³-hybridized carbons (Fsp3) is 0.370. The second-order valence-electron chi connectivity index (χ2n) is 9.26. The highest BCUT2D eigenvalue weighted by Crippen LogP contribution is 2.38. The van der Waals surface area contributed by atoms with E-state index in [4.69, 9.17) is 26.5 Å². The average molecular weight is 475 g/mol. The largest absolute Gasteiger partial charge is 0.376 e. The molecule has 3 aromatic rings. The molecule has 1 saturated heterocycles. The maximum atomic E-state index is 5.90. The number of rotatable bonds is 5. The Kier molecular flexibility index (Phi) is 6.23. The lowest BCUT2D eigenvalue weighted by molar-refractivity contribution is 0.0962. The lowest BCUT2D eigenvalue weighted by Gasteiger charge is -2.38. The predicted octanol–water partition coefficient (Wildman–Crippen LogP) is 5.50. The van der Waals surface area contributed by atoms with Crippen molar-refractivity contribution < 1.29 is 9.26 Å². The van der Waals surface area contributed by atoms with Gasteiger partial charge in [-0.25, -0.2) is 0 Å². The van der Waals surface area contributed by atoms with Crippen LogP contribution in [0.4, 0.5) is 0 Å². The van der Waals surface area contributed by atoms with Gasteiger partial charge < -0.3 is 19.5 Å². The molecule has 0 saturated carbocycles. The molecule has 34 heavy (non-hydrogen) atoms. The zero-order chi connectivity index (χ0) is 23.8. The van der Waals surface area contributed by atoms with Crippen LogP contribution in [0.2, 0.25) is 0 Å². The van der Waals surface area contributed by atoms with Crippen molar-refractivity contribution in [3.63, 3.8) is 0 Å². The Bertz CT molecular complexity index is 1260. The number of aromatic nitrogens is 2. The summed E-state index contributed by atoms with van der Waals surface area (Å²) in [5, 5.41) is 8.57. The van der Waals surface area contributed by atoms with Gasteiger partial charge in [0.1, 0.15) is 0 Å². The van der Waals surface area contributed by atoms with Crippen LogP contribution in [0.1, 0.15) is 54.0 Å². The molecule has 2 aromatic carbocycles. The number of ether oxygens (including phenoxy) is 1. The summed E-state index contributed by atoms with van der Waals surface area (Å²) >= 11 is 5.83. The van der Waals surface area contributed by atoms with E-state index >= 15 is 0 Å². The Morgan fingerprint density at radius 2 is 1.94 bits per heavy atom. The Morgan fingerprint density at radius 1 is 1.09 bits per heavy atom. The number of benzene rings is 2. The molecule has 0 radical (unpaired) electrons. The maximum Gasteiger partial charge on any atom is 0.258 e. The van der Waals surface area contributed by atoms with Gasteiger partial charge in [0.05, 0.1) is 24.3 Å². The smallest absolute Gasteiger partial charge is 0.258 e. The Morgan fingerprint density at radius 3 is 2.68 bits per heavy atom. The minimum absolute atomic E-state index is 0.166. The molecule has 2 aliphatic heterocycles. The van der Waals surface area contributed by atoms with Crippen molar-refractivity contribution in [3.05, 3.63) is 76.3 Å². The standard InChI is InChI=1S/C27H30N4O2S/c1-16-7-5-8-21(13-16)25-29-26(33-30-25)23-19(4)31(15-22-9-6-12-32-22)27(34)28-24(23)20-11-10-17(2)18(3)14-20/h5,7-8,10-11,13-14,22,24H,6,9,12,15H2,1-4H3,(H,28,34). The fourth-order valence-corrected chi connectivity index (χ4v) is 5.03. The first-order valence-electron chi connectivity index (χ1n) is 11.8. The van der Waals surface area contributed by atoms with Crippen LogP contribution in [-0.2, 0) is 4.74 Å². The van der Waals surface area contributed by atoms with Crippen molar-refractivity contribution in [2.45, 2.75) is 52.7 Å². The van der Waals surface area contributed by atoms with Gasteiger partial charge in [0.2, 0.25) is 5.82 Å². The zero-order valence-electron chi connectivity index (χ0n) is 20.1. The second kappa shape index (κ2) is 9.31. The number of allylic oxidation sites excluding steroid dienone is 1. The fourth-order valence-electron chi connectivity index (χ4n) is 4.70. The summed E-state index contributed by atoms with van der Waals surface area (Å²) in [6.07, 6.45) is 2.29. The molecule has 2 unspecified atom stereocenters. The molecule has 0 aliphatic carbocycles. The van der Waals surface area contributed by atoms with Crippen molar-refractivity contribution in [2.75, 3.05) is 13.2 Å². The first kappa shape index (κ1) is 22.7. The minimum Gasteiger partial charge on any atom is -0.376 e. The van der Waals surface area contributed by atoms with E-state index in [2.05, 4.69) is 73.4 Å². The molecule has 176 valence electrons. The monoisotopic (exact) mass is 474 g/mol. The summed E-state index contributed by atoms with van der Waals surface area (Å²) in [6.45, 7) is 9.91. The van der Waals surface area contributed by atoms with Crippen LogP contribution in [-0.4, -0.2) is 39.4 Å². The van der Waals surface area contributed by atoms with Gasteiger partial charge in [-0.15, -0.1) is 0 Å². The third-order valence-corrected chi connectivity index (χ3v) is 7.14. The molecule has 2 aliphatic rings. The zero-order valence-corrected chi connectivity index (χ0v) is 20.9. The van der Waals surface area contributed by atoms with Gasteiger partial charge in [0, 0.05) is 17.9 Å². The van der Waals surface area contributed by atoms with Gasteiger partial charge in [0.15, 0.2) is 5.11 Å². The van der Waals surface area contributed by atoms with Crippen molar-refractivity contribution in [3.8, 4) is 11.4 Å². The molecule has 6 nitrogen and oxygen atoms in total. The summed E-state index contributed by atoms with van der Waals surface area (Å²) < 4.78 is 11.8. The molecule has 0 spiro atoms. The summed E-state index contributed by atoms with van der Waals surface area (Å²) in [5.41, 5.74) is 7.65. The normalized spacial score (nSPS) is 20.7. The number of nitrogens with zero attached hydrogens (tertiary/aromatic N) is 3. The van der Waals surface area contributed by atoms with Crippen LogP contribution in [0.15, 0.2) is 52.7 Å². The second-order valence-corrected chi connectivity index (χ2v) is 9.65. The highest BCUT2D eigenvalue weighted by molar-refractivity contribution is 7.80. The van der Waals surface area contributed by atoms with Crippen LogP contribution in [0, 0.1) is 20.8 Å². The third-order valence-electron chi connectivity index (χ3n) is 6.80. The lowest BCUT2D eigenvalue weighted by Crippen LogP contribution is -2.48. The molecule has 3 heterocycles. The van der Waals surface area contributed by atoms with Crippen LogP contribution >= 0.6 is 12.2 Å². The Hall–Kier alpha value is -3.03. The van der Waals surface area contributed by atoms with Crippen LogP contribution < -0.4 is 5.32 Å². The molecule has 7 heteroatoms. The van der Waals surface area contributed by atoms with Gasteiger partial charge >= 0.3 is 0 Å². The van der Waals surface area contributed by atoms with Crippen molar-refractivity contribution in [2.24, 2.45) is 0 Å². The predicted molar refractivity (Wildman–Crippen MR) is 137 cm³/mol. The van der Waals surface area contributed by atoms with E-state index in [0.717, 1.165) is 47.4 Å². The van der Waals surface area contributed by atoms with E-state index in [1.165, 1.54) is 11.1 Å². The summed E-state index contributed by atoms with van der Waals surface area (Å²) in [7, 11) is 0. The number of hydrogen-bond donors (Lipinski definition) is 1. The molecule has 5 rings (SSSR count). The quantitative estimate of drug-likeness (QED) is 0.490. The van der Waals surface area contributed by atoms with Crippen molar-refractivity contribution >= 4 is 22.9 Å². The number of nitrogens with one attached hydrogen (secondary N) is 1. The van der Waals surface area contributed by atoms with Gasteiger partial charge in [0.25, 0.3) is 5.89 Å². The molecular weight excluding hydrogens is 444 g/mol. The molecule has 1 fully saturated rings. The van der Waals surface area contributed by atoms with E-state index in [1.54, 1.807) is 0 Å².